The quantitative estimate of drug-likeness (QED) is 0.537. The fourth-order valence-corrected chi connectivity index (χ4v) is 5.63. The molecule has 0 aromatic heterocycles. The first-order chi connectivity index (χ1) is 15.6. The Kier molecular flexibility index (Phi) is 8.63. The topological polar surface area (TPSA) is 116 Å². The second-order valence-electron chi connectivity index (χ2n) is 8.21. The van der Waals surface area contributed by atoms with E-state index in [1.165, 1.54) is 28.6 Å². The van der Waals surface area contributed by atoms with Crippen molar-refractivity contribution in [2.45, 2.75) is 49.8 Å². The molecule has 0 aliphatic carbocycles. The van der Waals surface area contributed by atoms with Crippen LogP contribution in [0.2, 0.25) is 0 Å². The van der Waals surface area contributed by atoms with Crippen LogP contribution in [0.4, 0.5) is 0 Å². The zero-order valence-electron chi connectivity index (χ0n) is 18.8. The lowest BCUT2D eigenvalue weighted by molar-refractivity contribution is -0.122. The smallest absolute Gasteiger partial charge is 0.243 e. The van der Waals surface area contributed by atoms with Crippen molar-refractivity contribution in [3.63, 3.8) is 0 Å². The van der Waals surface area contributed by atoms with Crippen LogP contribution >= 0.6 is 0 Å². The molecule has 3 rings (SSSR count). The molecule has 8 nitrogen and oxygen atoms in total. The van der Waals surface area contributed by atoms with E-state index in [4.69, 9.17) is 4.74 Å². The van der Waals surface area contributed by atoms with E-state index in [0.717, 1.165) is 16.9 Å². The summed E-state index contributed by atoms with van der Waals surface area (Å²) in [6.45, 7) is 4.83. The molecule has 0 bridgehead atoms. The molecule has 2 aromatic rings. The lowest BCUT2D eigenvalue weighted by Gasteiger charge is -2.31. The third kappa shape index (κ3) is 7.10. The third-order valence-electron chi connectivity index (χ3n) is 5.60. The van der Waals surface area contributed by atoms with Gasteiger partial charge in [-0.15, -0.1) is 0 Å². The summed E-state index contributed by atoms with van der Waals surface area (Å²) >= 11 is -2.22. The Hall–Kier alpha value is -2.27. The Morgan fingerprint density at radius 3 is 2.45 bits per heavy atom. The standard InChI is InChI=1S/C23H30N2O6S2/c1-17-3-4-18(2)22(15-17)31-14-11-23(26)24-20-9-12-25(13-10-20)33(29,30)21-7-5-19(6-8-21)16-32(27)28/h3-8,15,20H,9-14,16H2,1-2H3,(H,24,26)(H,27,28)/p-1. The number of hydrogen-bond acceptors (Lipinski definition) is 6. The molecular formula is C23H29N2O6S2-. The zero-order chi connectivity index (χ0) is 24.0. The van der Waals surface area contributed by atoms with Crippen molar-refractivity contribution in [1.82, 2.24) is 9.62 Å². The summed E-state index contributed by atoms with van der Waals surface area (Å²) in [6.07, 6.45) is 1.28. The number of rotatable bonds is 9. The summed E-state index contributed by atoms with van der Waals surface area (Å²) in [5.41, 5.74) is 2.64. The van der Waals surface area contributed by atoms with E-state index in [1.807, 2.05) is 32.0 Å². The van der Waals surface area contributed by atoms with E-state index in [2.05, 4.69) is 5.32 Å². The summed E-state index contributed by atoms with van der Waals surface area (Å²) in [5, 5.41) is 2.97. The molecule has 0 spiro atoms. The van der Waals surface area contributed by atoms with E-state index >= 15 is 0 Å². The van der Waals surface area contributed by atoms with Gasteiger partial charge in [-0.3, -0.25) is 9.00 Å². The first-order valence-corrected chi connectivity index (χ1v) is 13.5. The predicted molar refractivity (Wildman–Crippen MR) is 125 cm³/mol. The molecular weight excluding hydrogens is 464 g/mol. The minimum Gasteiger partial charge on any atom is -0.772 e. The van der Waals surface area contributed by atoms with Crippen molar-refractivity contribution >= 4 is 27.0 Å². The predicted octanol–water partition coefficient (Wildman–Crippen LogP) is 2.42. The maximum Gasteiger partial charge on any atom is 0.243 e. The van der Waals surface area contributed by atoms with E-state index in [1.54, 1.807) is 0 Å². The summed E-state index contributed by atoms with van der Waals surface area (Å²) in [5.74, 6) is 0.504. The van der Waals surface area contributed by atoms with Gasteiger partial charge in [0.1, 0.15) is 5.75 Å². The zero-order valence-corrected chi connectivity index (χ0v) is 20.4. The van der Waals surface area contributed by atoms with Gasteiger partial charge in [0, 0.05) is 24.9 Å². The second kappa shape index (κ2) is 11.2. The van der Waals surface area contributed by atoms with Gasteiger partial charge >= 0.3 is 0 Å². The third-order valence-corrected chi connectivity index (χ3v) is 8.08. The summed E-state index contributed by atoms with van der Waals surface area (Å²) in [6, 6.07) is 11.7. The van der Waals surface area contributed by atoms with E-state index in [9.17, 15) is 22.0 Å². The Bertz CT molecular complexity index is 1090. The first-order valence-electron chi connectivity index (χ1n) is 10.8. The van der Waals surface area contributed by atoms with Crippen molar-refractivity contribution < 1.29 is 26.7 Å². The number of sulfonamides is 1. The molecule has 1 unspecified atom stereocenters. The number of piperidine rings is 1. The lowest BCUT2D eigenvalue weighted by Crippen LogP contribution is -2.46. The molecule has 1 saturated heterocycles. The van der Waals surface area contributed by atoms with Crippen molar-refractivity contribution in [3.05, 3.63) is 59.2 Å². The van der Waals surface area contributed by atoms with Crippen molar-refractivity contribution in [2.24, 2.45) is 0 Å². The molecule has 0 radical (unpaired) electrons. The van der Waals surface area contributed by atoms with Gasteiger partial charge in [0.2, 0.25) is 15.9 Å². The van der Waals surface area contributed by atoms with Gasteiger partial charge in [-0.25, -0.2) is 8.42 Å². The molecule has 1 aliphatic heterocycles. The number of benzene rings is 2. The minimum absolute atomic E-state index is 0.0842. The number of nitrogens with zero attached hydrogens (tertiary/aromatic N) is 1. The molecule has 180 valence electrons. The highest BCUT2D eigenvalue weighted by atomic mass is 32.2. The normalized spacial score (nSPS) is 16.3. The Labute approximate surface area is 197 Å². The van der Waals surface area contributed by atoms with Gasteiger partial charge in [-0.1, -0.05) is 35.3 Å². The van der Waals surface area contributed by atoms with Crippen LogP contribution in [0.15, 0.2) is 47.4 Å². The molecule has 1 heterocycles. The Balaban J connectivity index is 1.45. The summed E-state index contributed by atoms with van der Waals surface area (Å²) < 4.78 is 54.5. The molecule has 2 aromatic carbocycles. The Morgan fingerprint density at radius 1 is 1.15 bits per heavy atom. The molecule has 1 N–H and O–H groups in total. The van der Waals surface area contributed by atoms with Gasteiger partial charge in [0.05, 0.1) is 17.9 Å². The monoisotopic (exact) mass is 493 g/mol. The van der Waals surface area contributed by atoms with Crippen LogP contribution < -0.4 is 10.1 Å². The second-order valence-corrected chi connectivity index (χ2v) is 11.0. The SMILES string of the molecule is Cc1ccc(C)c(OCCC(=O)NC2CCN(S(=O)(=O)c3ccc(CS(=O)[O-])cc3)CC2)c1. The van der Waals surface area contributed by atoms with Crippen LogP contribution in [-0.2, 0) is 31.7 Å². The largest absolute Gasteiger partial charge is 0.772 e. The van der Waals surface area contributed by atoms with Crippen LogP contribution in [0.1, 0.15) is 36.0 Å². The number of nitrogens with one attached hydrogen (secondary N) is 1. The maximum atomic E-state index is 12.9. The number of amides is 1. The fourth-order valence-electron chi connectivity index (χ4n) is 3.70. The Morgan fingerprint density at radius 2 is 1.82 bits per heavy atom. The summed E-state index contributed by atoms with van der Waals surface area (Å²) in [4.78, 5) is 12.4. The van der Waals surface area contributed by atoms with Crippen LogP contribution in [0.3, 0.4) is 0 Å². The fraction of sp³-hybridized carbons (Fsp3) is 0.435. The summed E-state index contributed by atoms with van der Waals surface area (Å²) in [7, 11) is -3.66. The van der Waals surface area contributed by atoms with Crippen LogP contribution in [0.5, 0.6) is 5.75 Å². The molecule has 1 amide bonds. The minimum atomic E-state index is -3.66. The van der Waals surface area contributed by atoms with E-state index in [-0.39, 0.29) is 35.6 Å². The van der Waals surface area contributed by atoms with Gasteiger partial charge in [-0.2, -0.15) is 4.31 Å². The van der Waals surface area contributed by atoms with Gasteiger partial charge in [0.25, 0.3) is 0 Å². The van der Waals surface area contributed by atoms with Crippen molar-refractivity contribution in [2.75, 3.05) is 19.7 Å². The van der Waals surface area contributed by atoms with Crippen LogP contribution in [-0.4, -0.2) is 53.1 Å². The van der Waals surface area contributed by atoms with Gasteiger partial charge < -0.3 is 14.6 Å². The first kappa shape index (κ1) is 25.4. The molecule has 1 atom stereocenters. The highest BCUT2D eigenvalue weighted by molar-refractivity contribution is 7.89. The van der Waals surface area contributed by atoms with E-state index < -0.39 is 21.1 Å². The van der Waals surface area contributed by atoms with Crippen molar-refractivity contribution in [1.29, 1.82) is 0 Å². The molecule has 1 aliphatic rings. The number of hydrogen-bond donors (Lipinski definition) is 1. The number of aryl methyl sites for hydroxylation is 2. The average Bonchev–Trinajstić information content (AvgIpc) is 2.76. The van der Waals surface area contributed by atoms with E-state index in [0.29, 0.717) is 31.5 Å². The molecule has 33 heavy (non-hydrogen) atoms. The van der Waals surface area contributed by atoms with Crippen LogP contribution in [0, 0.1) is 13.8 Å². The van der Waals surface area contributed by atoms with Crippen LogP contribution in [0.25, 0.3) is 0 Å². The average molecular weight is 494 g/mol. The number of ether oxygens (including phenoxy) is 1. The molecule has 10 heteroatoms. The molecule has 0 saturated carbocycles. The number of carbonyl (C=O) groups is 1. The number of carbonyl (C=O) groups excluding carboxylic acids is 1. The van der Waals surface area contributed by atoms with Crippen molar-refractivity contribution in [3.8, 4) is 5.75 Å². The highest BCUT2D eigenvalue weighted by Crippen LogP contribution is 2.22. The van der Waals surface area contributed by atoms with Gasteiger partial charge in [-0.05, 0) is 61.6 Å². The van der Waals surface area contributed by atoms with Gasteiger partial charge in [0.15, 0.2) is 0 Å². The maximum absolute atomic E-state index is 12.9. The lowest BCUT2D eigenvalue weighted by atomic mass is 10.1. The highest BCUT2D eigenvalue weighted by Gasteiger charge is 2.29. The molecule has 1 fully saturated rings.